The summed E-state index contributed by atoms with van der Waals surface area (Å²) in [7, 11) is 0. The molecule has 1 aromatic rings. The largest absolute Gasteiger partial charge is 0.326 e. The molecule has 0 unspecified atom stereocenters. The van der Waals surface area contributed by atoms with Gasteiger partial charge in [0.05, 0.1) is 0 Å². The Morgan fingerprint density at radius 1 is 1.25 bits per heavy atom. The molecule has 1 aromatic carbocycles. The fourth-order valence-electron chi connectivity index (χ4n) is 1.28. The van der Waals surface area contributed by atoms with Crippen LogP contribution in [0.2, 0.25) is 0 Å². The Bertz CT molecular complexity index is 233. The molecule has 12 heavy (non-hydrogen) atoms. The van der Waals surface area contributed by atoms with Crippen molar-refractivity contribution >= 4 is 12.4 Å². The minimum Gasteiger partial charge on any atom is -0.326 e. The Balaban J connectivity index is 0.00000121. The quantitative estimate of drug-likeness (QED) is 0.754. The van der Waals surface area contributed by atoms with Gasteiger partial charge in [0.25, 0.3) is 0 Å². The van der Waals surface area contributed by atoms with Gasteiger partial charge in [-0.3, -0.25) is 0 Å². The fourth-order valence-corrected chi connectivity index (χ4v) is 1.28. The van der Waals surface area contributed by atoms with Gasteiger partial charge in [-0.1, -0.05) is 38.1 Å². The molecule has 0 aromatic heterocycles. The zero-order chi connectivity index (χ0) is 8.27. The molecule has 0 aliphatic heterocycles. The van der Waals surface area contributed by atoms with Gasteiger partial charge in [0.15, 0.2) is 0 Å². The van der Waals surface area contributed by atoms with Gasteiger partial charge in [0.2, 0.25) is 0 Å². The Kier molecular flexibility index (Phi) is 4.95. The van der Waals surface area contributed by atoms with Gasteiger partial charge in [-0.25, -0.2) is 0 Å². The van der Waals surface area contributed by atoms with E-state index in [0.29, 0.717) is 12.5 Å². The van der Waals surface area contributed by atoms with Crippen molar-refractivity contribution in [2.24, 2.45) is 5.73 Å². The highest BCUT2D eigenvalue weighted by Crippen LogP contribution is 2.17. The molecule has 0 aliphatic carbocycles. The maximum absolute atomic E-state index is 5.59. The van der Waals surface area contributed by atoms with Crippen LogP contribution in [-0.4, -0.2) is 0 Å². The summed E-state index contributed by atoms with van der Waals surface area (Å²) in [4.78, 5) is 0. The third-order valence-corrected chi connectivity index (χ3v) is 1.90. The van der Waals surface area contributed by atoms with Crippen LogP contribution in [0.3, 0.4) is 0 Å². The lowest BCUT2D eigenvalue weighted by molar-refractivity contribution is 0.839. The van der Waals surface area contributed by atoms with E-state index in [4.69, 9.17) is 5.73 Å². The second kappa shape index (κ2) is 5.18. The minimum absolute atomic E-state index is 0. The van der Waals surface area contributed by atoms with Gasteiger partial charge in [0.1, 0.15) is 0 Å². The molecule has 0 atom stereocenters. The molecule has 0 fully saturated rings. The first kappa shape index (κ1) is 11.5. The van der Waals surface area contributed by atoms with Gasteiger partial charge in [0, 0.05) is 6.54 Å². The van der Waals surface area contributed by atoms with Crippen LogP contribution in [0, 0.1) is 0 Å². The van der Waals surface area contributed by atoms with E-state index >= 15 is 0 Å². The van der Waals surface area contributed by atoms with E-state index in [9.17, 15) is 0 Å². The fraction of sp³-hybridized carbons (Fsp3) is 0.400. The van der Waals surface area contributed by atoms with Gasteiger partial charge >= 0.3 is 0 Å². The van der Waals surface area contributed by atoms with Crippen molar-refractivity contribution in [1.29, 1.82) is 0 Å². The second-order valence-corrected chi connectivity index (χ2v) is 3.06. The van der Waals surface area contributed by atoms with E-state index in [2.05, 4.69) is 32.0 Å². The molecule has 0 heterocycles. The number of nitrogens with two attached hydrogens (primary N) is 1. The number of hydrogen-bond donors (Lipinski definition) is 1. The zero-order valence-corrected chi connectivity index (χ0v) is 8.40. The molecule has 0 saturated heterocycles. The molecule has 0 aliphatic rings. The smallest absolute Gasteiger partial charge is 0.0180 e. The summed E-state index contributed by atoms with van der Waals surface area (Å²) in [5, 5.41) is 0. The summed E-state index contributed by atoms with van der Waals surface area (Å²) in [6, 6.07) is 8.34. The van der Waals surface area contributed by atoms with E-state index in [1.807, 2.05) is 6.07 Å². The summed E-state index contributed by atoms with van der Waals surface area (Å²) < 4.78 is 0. The molecule has 0 bridgehead atoms. The lowest BCUT2D eigenvalue weighted by Gasteiger charge is -2.09. The predicted molar refractivity (Wildman–Crippen MR) is 55.7 cm³/mol. The van der Waals surface area contributed by atoms with Crippen LogP contribution in [0.4, 0.5) is 0 Å². The third-order valence-electron chi connectivity index (χ3n) is 1.90. The van der Waals surface area contributed by atoms with Crippen LogP contribution in [0.1, 0.15) is 30.9 Å². The molecule has 0 spiro atoms. The van der Waals surface area contributed by atoms with Gasteiger partial charge in [-0.2, -0.15) is 0 Å². The van der Waals surface area contributed by atoms with Crippen LogP contribution >= 0.6 is 12.4 Å². The van der Waals surface area contributed by atoms with Crippen molar-refractivity contribution in [2.75, 3.05) is 0 Å². The van der Waals surface area contributed by atoms with Crippen LogP contribution in [0.5, 0.6) is 0 Å². The maximum Gasteiger partial charge on any atom is 0.0180 e. The Morgan fingerprint density at radius 3 is 2.25 bits per heavy atom. The third kappa shape index (κ3) is 2.50. The molecule has 0 radical (unpaired) electrons. The monoisotopic (exact) mass is 185 g/mol. The van der Waals surface area contributed by atoms with Crippen LogP contribution < -0.4 is 5.73 Å². The Morgan fingerprint density at radius 2 is 1.83 bits per heavy atom. The average Bonchev–Trinajstić information content (AvgIpc) is 2.04. The first-order chi connectivity index (χ1) is 5.25. The van der Waals surface area contributed by atoms with E-state index in [-0.39, 0.29) is 12.4 Å². The lowest BCUT2D eigenvalue weighted by atomic mass is 9.97. The first-order valence-corrected chi connectivity index (χ1v) is 4.03. The maximum atomic E-state index is 5.59. The van der Waals surface area contributed by atoms with Crippen molar-refractivity contribution in [2.45, 2.75) is 26.3 Å². The standard InChI is InChI=1S/C10H15N.ClH/c1-8(2)10-6-4-3-5-9(10)7-11;/h3-6,8H,7,11H2,1-2H3;1H. The highest BCUT2D eigenvalue weighted by Gasteiger charge is 2.02. The molecular weight excluding hydrogens is 170 g/mol. The molecule has 0 saturated carbocycles. The van der Waals surface area contributed by atoms with Crippen molar-refractivity contribution in [3.63, 3.8) is 0 Å². The number of hydrogen-bond acceptors (Lipinski definition) is 1. The SMILES string of the molecule is CC(C)c1ccccc1CN.Cl. The number of halogens is 1. The summed E-state index contributed by atoms with van der Waals surface area (Å²) in [5.74, 6) is 0.578. The average molecular weight is 186 g/mol. The second-order valence-electron chi connectivity index (χ2n) is 3.06. The van der Waals surface area contributed by atoms with E-state index in [1.54, 1.807) is 0 Å². The molecular formula is C10H16ClN. The summed E-state index contributed by atoms with van der Waals surface area (Å²) in [6.07, 6.45) is 0. The summed E-state index contributed by atoms with van der Waals surface area (Å²) >= 11 is 0. The van der Waals surface area contributed by atoms with Crippen LogP contribution in [0.15, 0.2) is 24.3 Å². The normalized spacial score (nSPS) is 9.67. The number of benzene rings is 1. The summed E-state index contributed by atoms with van der Waals surface area (Å²) in [6.45, 7) is 5.03. The number of rotatable bonds is 2. The van der Waals surface area contributed by atoms with E-state index in [1.165, 1.54) is 11.1 Å². The van der Waals surface area contributed by atoms with Crippen molar-refractivity contribution in [1.82, 2.24) is 0 Å². The van der Waals surface area contributed by atoms with Gasteiger partial charge in [-0.05, 0) is 17.0 Å². The van der Waals surface area contributed by atoms with Gasteiger partial charge in [-0.15, -0.1) is 12.4 Å². The lowest BCUT2D eigenvalue weighted by Crippen LogP contribution is -2.02. The minimum atomic E-state index is 0. The zero-order valence-electron chi connectivity index (χ0n) is 7.58. The molecule has 68 valence electrons. The Labute approximate surface area is 80.4 Å². The van der Waals surface area contributed by atoms with Crippen molar-refractivity contribution < 1.29 is 0 Å². The van der Waals surface area contributed by atoms with Crippen LogP contribution in [-0.2, 0) is 6.54 Å². The first-order valence-electron chi connectivity index (χ1n) is 4.03. The van der Waals surface area contributed by atoms with Crippen LogP contribution in [0.25, 0.3) is 0 Å². The molecule has 2 N–H and O–H groups in total. The van der Waals surface area contributed by atoms with Gasteiger partial charge < -0.3 is 5.73 Å². The molecule has 2 heteroatoms. The highest BCUT2D eigenvalue weighted by atomic mass is 35.5. The molecule has 0 amide bonds. The van der Waals surface area contributed by atoms with Crippen molar-refractivity contribution in [3.8, 4) is 0 Å². The van der Waals surface area contributed by atoms with E-state index in [0.717, 1.165) is 0 Å². The predicted octanol–water partition coefficient (Wildman–Crippen LogP) is 2.69. The summed E-state index contributed by atoms with van der Waals surface area (Å²) in [5.41, 5.74) is 8.23. The van der Waals surface area contributed by atoms with E-state index < -0.39 is 0 Å². The molecule has 1 rings (SSSR count). The molecule has 1 nitrogen and oxygen atoms in total. The van der Waals surface area contributed by atoms with Crippen molar-refractivity contribution in [3.05, 3.63) is 35.4 Å². The Hall–Kier alpha value is -0.530. The highest BCUT2D eigenvalue weighted by molar-refractivity contribution is 5.85. The topological polar surface area (TPSA) is 26.0 Å².